The zero-order valence-electron chi connectivity index (χ0n) is 20.8. The highest BCUT2D eigenvalue weighted by Crippen LogP contribution is 2.57. The summed E-state index contributed by atoms with van der Waals surface area (Å²) in [7, 11) is 0. The maximum absolute atomic E-state index is 14.9. The van der Waals surface area contributed by atoms with Gasteiger partial charge in [0.15, 0.2) is 23.1 Å². The molecule has 0 radical (unpaired) electrons. The van der Waals surface area contributed by atoms with Crippen molar-refractivity contribution < 1.29 is 23.4 Å². The van der Waals surface area contributed by atoms with E-state index in [1.54, 1.807) is 21.3 Å². The Hall–Kier alpha value is -3.37. The lowest BCUT2D eigenvalue weighted by Gasteiger charge is -2.57. The quantitative estimate of drug-likeness (QED) is 0.488. The molecule has 3 fully saturated rings. The number of aromatic hydroxyl groups is 1. The molecule has 39 heavy (non-hydrogen) atoms. The van der Waals surface area contributed by atoms with E-state index in [0.717, 1.165) is 29.7 Å². The topological polar surface area (TPSA) is 75.0 Å². The fraction of sp³-hybridized carbons (Fsp3) is 0.379. The number of benzene rings is 2. The molecule has 1 aromatic heterocycles. The van der Waals surface area contributed by atoms with Gasteiger partial charge in [-0.3, -0.25) is 19.3 Å². The van der Waals surface area contributed by atoms with Crippen molar-refractivity contribution in [1.82, 2.24) is 9.58 Å². The predicted molar refractivity (Wildman–Crippen MR) is 139 cm³/mol. The van der Waals surface area contributed by atoms with Gasteiger partial charge in [0.25, 0.3) is 5.91 Å². The summed E-state index contributed by atoms with van der Waals surface area (Å²) < 4.78 is 37.6. The summed E-state index contributed by atoms with van der Waals surface area (Å²) in [5.74, 6) is -2.46. The molecule has 0 unspecified atom stereocenters. The summed E-state index contributed by atoms with van der Waals surface area (Å²) >= 11 is 1.55. The Balaban J connectivity index is 1.43. The first-order valence-electron chi connectivity index (χ1n) is 13.3. The van der Waals surface area contributed by atoms with Gasteiger partial charge in [-0.1, -0.05) is 18.2 Å². The van der Waals surface area contributed by atoms with E-state index in [2.05, 4.69) is 0 Å². The van der Waals surface area contributed by atoms with Crippen LogP contribution < -0.4 is 10.4 Å². The third-order valence-corrected chi connectivity index (χ3v) is 10.5. The zero-order chi connectivity index (χ0) is 26.6. The minimum absolute atomic E-state index is 0.0273. The van der Waals surface area contributed by atoms with Crippen molar-refractivity contribution in [2.24, 2.45) is 5.92 Å². The molecule has 2 bridgehead atoms. The molecule has 10 heteroatoms. The van der Waals surface area contributed by atoms with Gasteiger partial charge in [0.2, 0.25) is 5.43 Å². The third-order valence-electron chi connectivity index (χ3n) is 9.31. The Morgan fingerprint density at radius 2 is 1.87 bits per heavy atom. The molecule has 0 saturated carbocycles. The molecule has 3 saturated heterocycles. The van der Waals surface area contributed by atoms with E-state index in [1.165, 1.54) is 24.4 Å². The van der Waals surface area contributed by atoms with E-state index in [1.807, 2.05) is 29.3 Å². The standard InChI is InChI=1S/C29H25F2N3O4S/c30-20-11-15-14-39-23-4-2-1-3-17(23)24(18(15)13-21(20)31)34-27-19-12-16-5-7-29(19,38-16)8-10-32(27)28(37)25-26(36)22(35)6-9-33(25)34/h1-4,6,9,11,13,16,19,24,27,36H,5,7-8,10,12,14H2/t16-,19+,24+,27+,29-/m0/s1. The SMILES string of the molecule is O=C1c2c(O)c(=O)ccn2N([C@H]2c3cc(F)c(F)cc3CSc3ccccc32)[C@@H]2[C@H]3C[C@@H]4CC[C@@]3(CCN12)O4. The van der Waals surface area contributed by atoms with Gasteiger partial charge >= 0.3 is 0 Å². The first kappa shape index (κ1) is 23.5. The number of halogens is 2. The van der Waals surface area contributed by atoms with Crippen LogP contribution in [0.5, 0.6) is 5.75 Å². The van der Waals surface area contributed by atoms with Crippen molar-refractivity contribution in [3.63, 3.8) is 0 Å². The average molecular weight is 550 g/mol. The van der Waals surface area contributed by atoms with Crippen LogP contribution in [0.4, 0.5) is 8.78 Å². The van der Waals surface area contributed by atoms with Crippen molar-refractivity contribution in [2.75, 3.05) is 11.6 Å². The molecule has 5 aliphatic heterocycles. The predicted octanol–water partition coefficient (Wildman–Crippen LogP) is 4.29. The maximum Gasteiger partial charge on any atom is 0.278 e. The fourth-order valence-electron chi connectivity index (χ4n) is 7.64. The number of rotatable bonds is 1. The number of fused-ring (bicyclic) bond motifs is 6. The monoisotopic (exact) mass is 549 g/mol. The molecule has 1 spiro atoms. The number of carbonyl (C=O) groups is 1. The number of aromatic nitrogens is 1. The number of piperidine rings is 1. The minimum Gasteiger partial charge on any atom is -0.502 e. The van der Waals surface area contributed by atoms with Crippen LogP contribution in [-0.4, -0.2) is 45.0 Å². The lowest BCUT2D eigenvalue weighted by molar-refractivity contribution is -0.0756. The van der Waals surface area contributed by atoms with Crippen molar-refractivity contribution >= 4 is 17.7 Å². The average Bonchev–Trinajstić information content (AvgIpc) is 3.47. The summed E-state index contributed by atoms with van der Waals surface area (Å²) in [6.07, 6.45) is 4.50. The van der Waals surface area contributed by atoms with E-state index in [9.17, 15) is 23.5 Å². The van der Waals surface area contributed by atoms with Crippen LogP contribution in [0.1, 0.15) is 58.9 Å². The summed E-state index contributed by atoms with van der Waals surface area (Å²) in [5, 5.41) is 12.9. The van der Waals surface area contributed by atoms with Gasteiger partial charge in [0.1, 0.15) is 6.17 Å². The normalized spacial score (nSPS) is 30.3. The van der Waals surface area contributed by atoms with Gasteiger partial charge in [-0.05, 0) is 60.6 Å². The molecule has 200 valence electrons. The summed E-state index contributed by atoms with van der Waals surface area (Å²) in [4.78, 5) is 29.2. The maximum atomic E-state index is 14.9. The Morgan fingerprint density at radius 3 is 2.72 bits per heavy atom. The van der Waals surface area contributed by atoms with Crippen molar-refractivity contribution in [2.45, 2.75) is 60.2 Å². The molecule has 1 amide bonds. The lowest BCUT2D eigenvalue weighted by Crippen LogP contribution is -2.70. The Morgan fingerprint density at radius 1 is 1.05 bits per heavy atom. The number of amides is 1. The summed E-state index contributed by atoms with van der Waals surface area (Å²) in [5.41, 5.74) is 1.01. The molecule has 1 N–H and O–H groups in total. The van der Waals surface area contributed by atoms with E-state index >= 15 is 0 Å². The van der Waals surface area contributed by atoms with Crippen LogP contribution in [0.2, 0.25) is 0 Å². The number of thioether (sulfide) groups is 1. The molecule has 7 nitrogen and oxygen atoms in total. The number of carbonyl (C=O) groups excluding carboxylic acids is 1. The molecule has 2 aromatic carbocycles. The Labute approximate surface area is 227 Å². The van der Waals surface area contributed by atoms with Crippen LogP contribution in [0, 0.1) is 17.6 Å². The van der Waals surface area contributed by atoms with E-state index in [-0.39, 0.29) is 23.3 Å². The van der Waals surface area contributed by atoms with Gasteiger partial charge in [-0.15, -0.1) is 11.8 Å². The highest BCUT2D eigenvalue weighted by atomic mass is 32.2. The van der Waals surface area contributed by atoms with Gasteiger partial charge in [0, 0.05) is 35.4 Å². The number of pyridine rings is 1. The molecule has 8 rings (SSSR count). The molecule has 3 aromatic rings. The van der Waals surface area contributed by atoms with Crippen LogP contribution in [0.25, 0.3) is 0 Å². The van der Waals surface area contributed by atoms with Crippen molar-refractivity contribution in [3.8, 4) is 5.75 Å². The molecule has 6 heterocycles. The first-order valence-corrected chi connectivity index (χ1v) is 14.3. The number of ether oxygens (including phenoxy) is 1. The molecule has 5 aliphatic rings. The van der Waals surface area contributed by atoms with Gasteiger partial charge in [-0.25, -0.2) is 8.78 Å². The van der Waals surface area contributed by atoms with E-state index < -0.39 is 40.9 Å². The van der Waals surface area contributed by atoms with Crippen molar-refractivity contribution in [1.29, 1.82) is 0 Å². The zero-order valence-corrected chi connectivity index (χ0v) is 21.7. The highest BCUT2D eigenvalue weighted by Gasteiger charge is 2.63. The Bertz CT molecular complexity index is 1630. The number of hydrogen-bond acceptors (Lipinski definition) is 6. The third kappa shape index (κ3) is 3.12. The van der Waals surface area contributed by atoms with Crippen LogP contribution >= 0.6 is 11.8 Å². The van der Waals surface area contributed by atoms with E-state index in [4.69, 9.17) is 4.74 Å². The highest BCUT2D eigenvalue weighted by molar-refractivity contribution is 7.98. The second kappa shape index (κ2) is 8.08. The smallest absolute Gasteiger partial charge is 0.278 e. The van der Waals surface area contributed by atoms with Gasteiger partial charge in [0.05, 0.1) is 17.7 Å². The van der Waals surface area contributed by atoms with Gasteiger partial charge in [-0.2, -0.15) is 0 Å². The Kier molecular flexibility index (Phi) is 4.87. The van der Waals surface area contributed by atoms with Crippen LogP contribution in [0.3, 0.4) is 0 Å². The minimum atomic E-state index is -0.945. The van der Waals surface area contributed by atoms with Crippen LogP contribution in [-0.2, 0) is 10.5 Å². The summed E-state index contributed by atoms with van der Waals surface area (Å²) in [6.45, 7) is 0.402. The number of nitrogens with zero attached hydrogens (tertiary/aromatic N) is 3. The van der Waals surface area contributed by atoms with Crippen LogP contribution in [0.15, 0.2) is 58.4 Å². The second-order valence-electron chi connectivity index (χ2n) is 11.1. The van der Waals surface area contributed by atoms with Gasteiger partial charge < -0.3 is 14.7 Å². The number of hydrogen-bond donors (Lipinski definition) is 1. The van der Waals surface area contributed by atoms with Crippen molar-refractivity contribution in [3.05, 3.63) is 92.9 Å². The molecular weight excluding hydrogens is 524 g/mol. The fourth-order valence-corrected chi connectivity index (χ4v) is 8.72. The molecule has 0 aliphatic carbocycles. The van der Waals surface area contributed by atoms with E-state index in [0.29, 0.717) is 29.8 Å². The molecular formula is C29H25F2N3O4S. The largest absolute Gasteiger partial charge is 0.502 e. The lowest BCUT2D eigenvalue weighted by atomic mass is 9.71. The molecule has 5 atom stereocenters. The summed E-state index contributed by atoms with van der Waals surface area (Å²) in [6, 6.07) is 10.9. The second-order valence-corrected chi connectivity index (χ2v) is 12.2. The first-order chi connectivity index (χ1) is 18.9.